The molecule has 25 heavy (non-hydrogen) atoms. The second-order valence-corrected chi connectivity index (χ2v) is 6.38. The van der Waals surface area contributed by atoms with E-state index < -0.39 is 6.10 Å². The lowest BCUT2D eigenvalue weighted by Gasteiger charge is -2.30. The predicted octanol–water partition coefficient (Wildman–Crippen LogP) is 1.02. The first-order valence-corrected chi connectivity index (χ1v) is 8.29. The van der Waals surface area contributed by atoms with E-state index in [-0.39, 0.29) is 18.1 Å². The van der Waals surface area contributed by atoms with Crippen LogP contribution in [0.2, 0.25) is 0 Å². The van der Waals surface area contributed by atoms with Gasteiger partial charge in [0.15, 0.2) is 6.10 Å². The third kappa shape index (κ3) is 3.74. The molecule has 0 spiro atoms. The van der Waals surface area contributed by atoms with Gasteiger partial charge in [-0.2, -0.15) is 0 Å². The summed E-state index contributed by atoms with van der Waals surface area (Å²) in [6.45, 7) is 2.71. The number of hydrogen-bond donors (Lipinski definition) is 1. The van der Waals surface area contributed by atoms with Crippen molar-refractivity contribution in [2.45, 2.75) is 26.0 Å². The molecule has 1 unspecified atom stereocenters. The van der Waals surface area contributed by atoms with Crippen molar-refractivity contribution in [3.05, 3.63) is 63.6 Å². The van der Waals surface area contributed by atoms with E-state index in [1.54, 1.807) is 24.2 Å². The number of nitrogens with zero attached hydrogens (tertiary/aromatic N) is 2. The van der Waals surface area contributed by atoms with Crippen molar-refractivity contribution in [1.82, 2.24) is 9.47 Å². The number of ether oxygens (including phenoxy) is 1. The Morgan fingerprint density at radius 3 is 2.84 bits per heavy atom. The maximum absolute atomic E-state index is 12.5. The van der Waals surface area contributed by atoms with Crippen molar-refractivity contribution in [2.75, 3.05) is 13.2 Å². The van der Waals surface area contributed by atoms with Crippen LogP contribution in [-0.4, -0.2) is 39.7 Å². The molecule has 0 saturated heterocycles. The van der Waals surface area contributed by atoms with Gasteiger partial charge in [0.2, 0.25) is 0 Å². The fraction of sp³-hybridized carbons (Fsp3) is 0.368. The Bertz CT molecular complexity index is 844. The minimum atomic E-state index is -1.21. The second-order valence-electron chi connectivity index (χ2n) is 6.38. The molecule has 1 amide bonds. The molecule has 132 valence electrons. The van der Waals surface area contributed by atoms with Crippen LogP contribution in [0.15, 0.2) is 41.3 Å². The molecule has 3 rings (SSSR count). The number of aliphatic hydroxyl groups excluding tert-OH is 1. The normalized spacial score (nSPS) is 14.8. The van der Waals surface area contributed by atoms with Gasteiger partial charge in [0.1, 0.15) is 12.4 Å². The van der Waals surface area contributed by atoms with Gasteiger partial charge >= 0.3 is 0 Å². The smallest absolute Gasteiger partial charge is 0.255 e. The Kier molecular flexibility index (Phi) is 4.90. The first-order valence-electron chi connectivity index (χ1n) is 8.29. The summed E-state index contributed by atoms with van der Waals surface area (Å²) >= 11 is 0. The van der Waals surface area contributed by atoms with Gasteiger partial charge in [-0.15, -0.1) is 0 Å². The Morgan fingerprint density at radius 1 is 1.32 bits per heavy atom. The highest BCUT2D eigenvalue weighted by Crippen LogP contribution is 2.19. The number of aliphatic hydroxyl groups is 1. The molecule has 0 radical (unpaired) electrons. The van der Waals surface area contributed by atoms with Crippen LogP contribution in [0, 0.1) is 6.92 Å². The van der Waals surface area contributed by atoms with E-state index in [1.165, 1.54) is 4.57 Å². The Balaban J connectivity index is 1.64. The van der Waals surface area contributed by atoms with E-state index in [1.807, 2.05) is 31.2 Å². The summed E-state index contributed by atoms with van der Waals surface area (Å²) in [6, 6.07) is 9.10. The Morgan fingerprint density at radius 2 is 2.08 bits per heavy atom. The van der Waals surface area contributed by atoms with Crippen LogP contribution in [0.5, 0.6) is 5.75 Å². The van der Waals surface area contributed by atoms with Gasteiger partial charge in [-0.05, 0) is 36.1 Å². The van der Waals surface area contributed by atoms with Crippen LogP contribution in [0.4, 0.5) is 0 Å². The van der Waals surface area contributed by atoms with Gasteiger partial charge in [0.25, 0.3) is 11.5 Å². The molecule has 0 saturated carbocycles. The number of carbonyl (C=O) groups is 1. The minimum Gasteiger partial charge on any atom is -0.490 e. The molecule has 1 N–H and O–H groups in total. The number of amides is 1. The maximum atomic E-state index is 12.5. The maximum Gasteiger partial charge on any atom is 0.255 e. The van der Waals surface area contributed by atoms with Gasteiger partial charge in [-0.1, -0.05) is 18.2 Å². The number of fused-ring (bicyclic) bond motifs is 1. The molecule has 1 aliphatic heterocycles. The molecule has 6 heteroatoms. The summed E-state index contributed by atoms with van der Waals surface area (Å²) in [5.74, 6) is 0.307. The highest BCUT2D eigenvalue weighted by atomic mass is 16.5. The highest BCUT2D eigenvalue weighted by molar-refractivity contribution is 5.81. The van der Waals surface area contributed by atoms with Crippen molar-refractivity contribution < 1.29 is 14.6 Å². The molecular formula is C19H22N2O4. The van der Waals surface area contributed by atoms with Crippen molar-refractivity contribution in [2.24, 2.45) is 7.05 Å². The number of carbonyl (C=O) groups excluding carboxylic acids is 1. The van der Waals surface area contributed by atoms with Crippen LogP contribution in [0.25, 0.3) is 0 Å². The molecule has 1 aliphatic rings. The predicted molar refractivity (Wildman–Crippen MR) is 93.5 cm³/mol. The van der Waals surface area contributed by atoms with Crippen LogP contribution in [0.3, 0.4) is 0 Å². The number of para-hydroxylation sites is 1. The zero-order chi connectivity index (χ0) is 18.0. The summed E-state index contributed by atoms with van der Waals surface area (Å²) in [5.41, 5.74) is 2.81. The highest BCUT2D eigenvalue weighted by Gasteiger charge is 2.27. The topological polar surface area (TPSA) is 71.8 Å². The quantitative estimate of drug-likeness (QED) is 0.900. The molecule has 2 aromatic rings. The number of benzene rings is 1. The van der Waals surface area contributed by atoms with Crippen molar-refractivity contribution in [1.29, 1.82) is 0 Å². The molecule has 6 nitrogen and oxygen atoms in total. The standard InChI is InChI=1S/C19H22N2O4/c1-13-5-3-4-6-17(13)25-12-16(22)19(24)21-8-7-14-9-18(23)20(2)10-15(14)11-21/h3-6,9-10,16,22H,7-8,11-12H2,1-2H3. The average molecular weight is 342 g/mol. The number of pyridine rings is 1. The summed E-state index contributed by atoms with van der Waals surface area (Å²) in [4.78, 5) is 25.8. The van der Waals surface area contributed by atoms with Crippen molar-refractivity contribution in [3.8, 4) is 5.75 Å². The number of rotatable bonds is 4. The van der Waals surface area contributed by atoms with E-state index >= 15 is 0 Å². The first-order chi connectivity index (χ1) is 12.0. The fourth-order valence-corrected chi connectivity index (χ4v) is 3.00. The summed E-state index contributed by atoms with van der Waals surface area (Å²) in [5, 5.41) is 10.2. The van der Waals surface area contributed by atoms with Gasteiger partial charge in [-0.25, -0.2) is 0 Å². The third-order valence-corrected chi connectivity index (χ3v) is 4.51. The van der Waals surface area contributed by atoms with Crippen LogP contribution in [-0.2, 0) is 24.8 Å². The van der Waals surface area contributed by atoms with Crippen molar-refractivity contribution in [3.63, 3.8) is 0 Å². The second kappa shape index (κ2) is 7.11. The molecule has 0 fully saturated rings. The van der Waals surface area contributed by atoms with Crippen LogP contribution in [0.1, 0.15) is 16.7 Å². The number of hydrogen-bond acceptors (Lipinski definition) is 4. The summed E-state index contributed by atoms with van der Waals surface area (Å²) < 4.78 is 7.08. The van der Waals surface area contributed by atoms with Crippen LogP contribution >= 0.6 is 0 Å². The van der Waals surface area contributed by atoms with E-state index in [0.29, 0.717) is 25.3 Å². The molecule has 2 heterocycles. The fourth-order valence-electron chi connectivity index (χ4n) is 3.00. The van der Waals surface area contributed by atoms with Gasteiger partial charge in [-0.3, -0.25) is 9.59 Å². The molecule has 1 aromatic carbocycles. The lowest BCUT2D eigenvalue weighted by Crippen LogP contribution is -2.44. The lowest BCUT2D eigenvalue weighted by molar-refractivity contribution is -0.142. The Hall–Kier alpha value is -2.60. The average Bonchev–Trinajstić information content (AvgIpc) is 2.60. The lowest BCUT2D eigenvalue weighted by atomic mass is 10.0. The third-order valence-electron chi connectivity index (χ3n) is 4.51. The zero-order valence-corrected chi connectivity index (χ0v) is 14.4. The Labute approximate surface area is 146 Å². The molecule has 0 aliphatic carbocycles. The van der Waals surface area contributed by atoms with E-state index in [0.717, 1.165) is 16.7 Å². The van der Waals surface area contributed by atoms with E-state index in [2.05, 4.69) is 0 Å². The van der Waals surface area contributed by atoms with E-state index in [9.17, 15) is 14.7 Å². The SMILES string of the molecule is Cc1ccccc1OCC(O)C(=O)N1CCc2cc(=O)n(C)cc2C1. The monoisotopic (exact) mass is 342 g/mol. The summed E-state index contributed by atoms with van der Waals surface area (Å²) in [7, 11) is 1.69. The van der Waals surface area contributed by atoms with Crippen LogP contribution < -0.4 is 10.3 Å². The summed E-state index contributed by atoms with van der Waals surface area (Å²) in [6.07, 6.45) is 1.16. The van der Waals surface area contributed by atoms with Crippen molar-refractivity contribution >= 4 is 5.91 Å². The molecule has 1 aromatic heterocycles. The van der Waals surface area contributed by atoms with Gasteiger partial charge < -0.3 is 19.3 Å². The number of aromatic nitrogens is 1. The van der Waals surface area contributed by atoms with Gasteiger partial charge in [0, 0.05) is 32.4 Å². The zero-order valence-electron chi connectivity index (χ0n) is 14.4. The first kappa shape index (κ1) is 17.2. The largest absolute Gasteiger partial charge is 0.490 e. The van der Waals surface area contributed by atoms with Gasteiger partial charge in [0.05, 0.1) is 0 Å². The molecule has 1 atom stereocenters. The molecular weight excluding hydrogens is 320 g/mol. The number of aryl methyl sites for hydroxylation is 2. The molecule has 0 bridgehead atoms. The minimum absolute atomic E-state index is 0.0507. The van der Waals surface area contributed by atoms with E-state index in [4.69, 9.17) is 4.74 Å².